The van der Waals surface area contributed by atoms with Crippen LogP contribution in [0, 0.1) is 17.0 Å². The van der Waals surface area contributed by atoms with Gasteiger partial charge in [0, 0.05) is 18.0 Å². The fourth-order valence-corrected chi connectivity index (χ4v) is 4.82. The van der Waals surface area contributed by atoms with E-state index in [1.54, 1.807) is 0 Å². The minimum Gasteiger partial charge on any atom is -0.496 e. The standard InChI is InChI=1S/C22H20ClF2NO4/c1-29-19-5-2-13(24)6-15(19)18(27)8-21-10-22(11-21,12-21)26-20(28)9-30-14-3-4-16(23)17(25)7-14/h2-7H,8-12H2,1H3,(H,26,28). The number of halogens is 3. The lowest BCUT2D eigenvalue weighted by Crippen LogP contribution is -2.75. The summed E-state index contributed by atoms with van der Waals surface area (Å²) < 4.78 is 37.4. The molecule has 3 fully saturated rings. The lowest BCUT2D eigenvalue weighted by atomic mass is 9.38. The smallest absolute Gasteiger partial charge is 0.258 e. The van der Waals surface area contributed by atoms with Crippen LogP contribution in [0.1, 0.15) is 36.0 Å². The number of nitrogens with one attached hydrogen (secondary N) is 1. The molecule has 2 bridgehead atoms. The highest BCUT2D eigenvalue weighted by molar-refractivity contribution is 6.30. The Bertz CT molecular complexity index is 1010. The van der Waals surface area contributed by atoms with Crippen molar-refractivity contribution in [2.75, 3.05) is 13.7 Å². The summed E-state index contributed by atoms with van der Waals surface area (Å²) in [5, 5.41) is 2.93. The van der Waals surface area contributed by atoms with Gasteiger partial charge in [-0.1, -0.05) is 11.6 Å². The third-order valence-corrected chi connectivity index (χ3v) is 6.11. The summed E-state index contributed by atoms with van der Waals surface area (Å²) in [4.78, 5) is 24.8. The van der Waals surface area contributed by atoms with Crippen LogP contribution in [0.4, 0.5) is 8.78 Å². The lowest BCUT2D eigenvalue weighted by Gasteiger charge is -2.70. The van der Waals surface area contributed by atoms with Gasteiger partial charge in [0.1, 0.15) is 23.1 Å². The summed E-state index contributed by atoms with van der Waals surface area (Å²) in [6, 6.07) is 7.86. The Morgan fingerprint density at radius 2 is 1.87 bits per heavy atom. The maximum absolute atomic E-state index is 13.5. The first kappa shape index (κ1) is 20.6. The normalized spacial score (nSPS) is 23.7. The van der Waals surface area contributed by atoms with Crippen LogP contribution in [0.5, 0.6) is 11.5 Å². The van der Waals surface area contributed by atoms with Crippen LogP contribution in [0.2, 0.25) is 5.02 Å². The molecule has 3 aliphatic carbocycles. The molecule has 2 aromatic rings. The Hall–Kier alpha value is -2.67. The second-order valence-corrected chi connectivity index (χ2v) is 8.58. The van der Waals surface area contributed by atoms with Crippen molar-refractivity contribution >= 4 is 23.3 Å². The zero-order chi connectivity index (χ0) is 21.5. The number of ether oxygens (including phenoxy) is 2. The molecular weight excluding hydrogens is 416 g/mol. The molecule has 5 rings (SSSR count). The van der Waals surface area contributed by atoms with Crippen LogP contribution in [0.15, 0.2) is 36.4 Å². The molecule has 0 aliphatic heterocycles. The van der Waals surface area contributed by atoms with E-state index in [1.165, 1.54) is 37.4 Å². The zero-order valence-corrected chi connectivity index (χ0v) is 17.0. The molecule has 3 saturated carbocycles. The second-order valence-electron chi connectivity index (χ2n) is 8.17. The van der Waals surface area contributed by atoms with E-state index in [4.69, 9.17) is 21.1 Å². The highest BCUT2D eigenvalue weighted by atomic mass is 35.5. The topological polar surface area (TPSA) is 64.6 Å². The Morgan fingerprint density at radius 1 is 1.13 bits per heavy atom. The van der Waals surface area contributed by atoms with Gasteiger partial charge in [-0.15, -0.1) is 0 Å². The van der Waals surface area contributed by atoms with Gasteiger partial charge in [0.15, 0.2) is 12.4 Å². The number of Topliss-reactive ketones (excluding diaryl/α,β-unsaturated/α-hetero) is 1. The SMILES string of the molecule is COc1ccc(F)cc1C(=O)CC12CC(NC(=O)COc3ccc(Cl)c(F)c3)(C1)C2. The third kappa shape index (κ3) is 3.86. The Kier molecular flexibility index (Phi) is 5.18. The predicted octanol–water partition coefficient (Wildman–Crippen LogP) is 4.32. The number of rotatable bonds is 8. The van der Waals surface area contributed by atoms with E-state index < -0.39 is 11.6 Å². The lowest BCUT2D eigenvalue weighted by molar-refractivity contribution is -0.164. The van der Waals surface area contributed by atoms with Crippen molar-refractivity contribution in [3.8, 4) is 11.5 Å². The fourth-order valence-electron chi connectivity index (χ4n) is 4.70. The van der Waals surface area contributed by atoms with E-state index in [0.29, 0.717) is 25.0 Å². The van der Waals surface area contributed by atoms with Gasteiger partial charge < -0.3 is 14.8 Å². The van der Waals surface area contributed by atoms with E-state index in [0.717, 1.165) is 6.07 Å². The van der Waals surface area contributed by atoms with Crippen molar-refractivity contribution < 1.29 is 27.8 Å². The van der Waals surface area contributed by atoms with E-state index in [9.17, 15) is 18.4 Å². The van der Waals surface area contributed by atoms with Gasteiger partial charge >= 0.3 is 0 Å². The first-order valence-corrected chi connectivity index (χ1v) is 9.87. The molecular formula is C22H20ClF2NO4. The summed E-state index contributed by atoms with van der Waals surface area (Å²) in [7, 11) is 1.44. The molecule has 0 saturated heterocycles. The van der Waals surface area contributed by atoms with Crippen molar-refractivity contribution in [2.45, 2.75) is 31.2 Å². The van der Waals surface area contributed by atoms with Gasteiger partial charge in [-0.25, -0.2) is 8.78 Å². The Morgan fingerprint density at radius 3 is 2.53 bits per heavy atom. The Labute approximate surface area is 177 Å². The van der Waals surface area contributed by atoms with Gasteiger partial charge in [-0.3, -0.25) is 9.59 Å². The summed E-state index contributed by atoms with van der Waals surface area (Å²) >= 11 is 5.62. The molecule has 0 spiro atoms. The number of methoxy groups -OCH3 is 1. The summed E-state index contributed by atoms with van der Waals surface area (Å²) in [6.45, 7) is -0.241. The molecule has 0 radical (unpaired) electrons. The molecule has 0 aromatic heterocycles. The van der Waals surface area contributed by atoms with Crippen LogP contribution in [0.25, 0.3) is 0 Å². The molecule has 0 heterocycles. The molecule has 1 amide bonds. The van der Waals surface area contributed by atoms with E-state index in [1.807, 2.05) is 0 Å². The summed E-state index contributed by atoms with van der Waals surface area (Å²) in [5.41, 5.74) is -0.247. The number of hydrogen-bond donors (Lipinski definition) is 1. The zero-order valence-electron chi connectivity index (χ0n) is 16.3. The average Bonchev–Trinajstić information content (AvgIpc) is 2.66. The highest BCUT2D eigenvalue weighted by Crippen LogP contribution is 2.69. The molecule has 0 unspecified atom stereocenters. The van der Waals surface area contributed by atoms with Crippen LogP contribution < -0.4 is 14.8 Å². The van der Waals surface area contributed by atoms with E-state index in [2.05, 4.69) is 5.32 Å². The van der Waals surface area contributed by atoms with Gasteiger partial charge in [0.05, 0.1) is 17.7 Å². The molecule has 3 aliphatic rings. The van der Waals surface area contributed by atoms with Crippen molar-refractivity contribution in [1.82, 2.24) is 5.32 Å². The number of amides is 1. The molecule has 158 valence electrons. The average molecular weight is 436 g/mol. The molecule has 30 heavy (non-hydrogen) atoms. The van der Waals surface area contributed by atoms with Crippen LogP contribution >= 0.6 is 11.6 Å². The van der Waals surface area contributed by atoms with E-state index >= 15 is 0 Å². The number of ketones is 1. The molecule has 2 aromatic carbocycles. The largest absolute Gasteiger partial charge is 0.496 e. The van der Waals surface area contributed by atoms with Gasteiger partial charge in [0.2, 0.25) is 0 Å². The quantitative estimate of drug-likeness (QED) is 0.627. The molecule has 5 nitrogen and oxygen atoms in total. The number of hydrogen-bond acceptors (Lipinski definition) is 4. The van der Waals surface area contributed by atoms with Crippen molar-refractivity contribution in [3.63, 3.8) is 0 Å². The van der Waals surface area contributed by atoms with Crippen molar-refractivity contribution in [2.24, 2.45) is 5.41 Å². The first-order chi connectivity index (χ1) is 14.2. The van der Waals surface area contributed by atoms with Gasteiger partial charge in [0.25, 0.3) is 5.91 Å². The predicted molar refractivity (Wildman–Crippen MR) is 106 cm³/mol. The van der Waals surface area contributed by atoms with Crippen molar-refractivity contribution in [3.05, 3.63) is 58.6 Å². The molecule has 0 atom stereocenters. The fraction of sp³-hybridized carbons (Fsp3) is 0.364. The second kappa shape index (κ2) is 7.54. The van der Waals surface area contributed by atoms with Gasteiger partial charge in [-0.05, 0) is 55.0 Å². The van der Waals surface area contributed by atoms with Gasteiger partial charge in [-0.2, -0.15) is 0 Å². The highest BCUT2D eigenvalue weighted by Gasteiger charge is 2.68. The molecule has 1 N–H and O–H groups in total. The maximum atomic E-state index is 13.5. The summed E-state index contributed by atoms with van der Waals surface area (Å²) in [6.07, 6.45) is 2.34. The monoisotopic (exact) mass is 435 g/mol. The summed E-state index contributed by atoms with van der Waals surface area (Å²) in [5.74, 6) is -1.00. The third-order valence-electron chi connectivity index (χ3n) is 5.80. The minimum atomic E-state index is -0.615. The maximum Gasteiger partial charge on any atom is 0.258 e. The van der Waals surface area contributed by atoms with Crippen LogP contribution in [0.3, 0.4) is 0 Å². The van der Waals surface area contributed by atoms with E-state index in [-0.39, 0.29) is 52.0 Å². The minimum absolute atomic E-state index is 0.0172. The number of benzene rings is 2. The Balaban J connectivity index is 1.27. The first-order valence-electron chi connectivity index (χ1n) is 9.49. The number of carbonyl (C=O) groups is 2. The number of carbonyl (C=O) groups excluding carboxylic acids is 2. The van der Waals surface area contributed by atoms with Crippen molar-refractivity contribution in [1.29, 1.82) is 0 Å². The van der Waals surface area contributed by atoms with Crippen LogP contribution in [-0.4, -0.2) is 30.9 Å². The van der Waals surface area contributed by atoms with Crippen LogP contribution in [-0.2, 0) is 4.79 Å². The molecule has 8 heteroatoms.